The van der Waals surface area contributed by atoms with Gasteiger partial charge in [-0.25, -0.2) is 0 Å². The van der Waals surface area contributed by atoms with Gasteiger partial charge in [-0.15, -0.1) is 11.3 Å². The maximum Gasteiger partial charge on any atom is 0.303 e. The van der Waals surface area contributed by atoms with Crippen molar-refractivity contribution in [2.24, 2.45) is 23.2 Å². The third kappa shape index (κ3) is 4.36. The standard InChI is InChI=1S/C25H31NO4S/c1-25(2)15-11-20(25)17(7-5-3-4-6-8-23(28)29)21(12-15)26-24(30)19-14-31-22-10-9-16(27)13-18(19)22/h3,5,9-10,13-15,17,20-21,27H,4,6-8,11-12H2,1-2H3,(H,26,30)(H,28,29)/b5-3-/t15-,17-,20+,21+/m1/s1. The second kappa shape index (κ2) is 8.65. The molecule has 3 aliphatic carbocycles. The van der Waals surface area contributed by atoms with Gasteiger partial charge in [0.2, 0.25) is 0 Å². The van der Waals surface area contributed by atoms with Crippen LogP contribution in [0.2, 0.25) is 0 Å². The zero-order chi connectivity index (χ0) is 22.2. The first-order valence-electron chi connectivity index (χ1n) is 11.1. The SMILES string of the molecule is CC1(C)[C@H]2C[C@H](NC(=O)c3csc4ccc(O)cc34)[C@H](C/C=C\CCCC(=O)O)[C@@H]1C2. The van der Waals surface area contributed by atoms with E-state index in [9.17, 15) is 14.7 Å². The Bertz CT molecular complexity index is 1010. The summed E-state index contributed by atoms with van der Waals surface area (Å²) in [5.41, 5.74) is 0.946. The number of benzene rings is 1. The van der Waals surface area contributed by atoms with E-state index in [1.165, 1.54) is 17.8 Å². The van der Waals surface area contributed by atoms with Crippen LogP contribution in [0.25, 0.3) is 10.1 Å². The number of carbonyl (C=O) groups excluding carboxylic acids is 1. The molecule has 1 aromatic heterocycles. The first-order valence-corrected chi connectivity index (χ1v) is 12.0. The van der Waals surface area contributed by atoms with Crippen LogP contribution < -0.4 is 5.32 Å². The lowest BCUT2D eigenvalue weighted by atomic mass is 9.44. The monoisotopic (exact) mass is 441 g/mol. The third-order valence-corrected chi connectivity index (χ3v) is 8.54. The molecule has 1 heterocycles. The second-order valence-corrected chi connectivity index (χ2v) is 10.6. The van der Waals surface area contributed by atoms with Crippen molar-refractivity contribution in [1.82, 2.24) is 5.32 Å². The molecule has 5 rings (SSSR count). The topological polar surface area (TPSA) is 86.6 Å². The number of allylic oxidation sites excluding steroid dienone is 2. The lowest BCUT2D eigenvalue weighted by Crippen LogP contribution is -2.61. The van der Waals surface area contributed by atoms with Crippen LogP contribution in [0, 0.1) is 23.2 Å². The summed E-state index contributed by atoms with van der Waals surface area (Å²) >= 11 is 1.52. The molecular formula is C25H31NO4S. The van der Waals surface area contributed by atoms with Crippen LogP contribution in [-0.2, 0) is 4.79 Å². The van der Waals surface area contributed by atoms with E-state index < -0.39 is 5.97 Å². The molecule has 2 bridgehead atoms. The summed E-state index contributed by atoms with van der Waals surface area (Å²) in [7, 11) is 0. The molecule has 3 N–H and O–H groups in total. The number of thiophene rings is 1. The second-order valence-electron chi connectivity index (χ2n) is 9.66. The van der Waals surface area contributed by atoms with E-state index in [2.05, 4.69) is 31.3 Å². The fraction of sp³-hybridized carbons (Fsp3) is 0.520. The summed E-state index contributed by atoms with van der Waals surface area (Å²) in [5.74, 6) is 0.978. The number of phenolic OH excluding ortho intramolecular Hbond substituents is 1. The molecule has 0 aliphatic heterocycles. The van der Waals surface area contributed by atoms with Crippen molar-refractivity contribution < 1.29 is 19.8 Å². The maximum atomic E-state index is 13.1. The van der Waals surface area contributed by atoms with Crippen LogP contribution in [0.15, 0.2) is 35.7 Å². The van der Waals surface area contributed by atoms with E-state index in [1.54, 1.807) is 12.1 Å². The predicted octanol–water partition coefficient (Wildman–Crippen LogP) is 5.59. The first kappa shape index (κ1) is 21.9. The molecule has 5 nitrogen and oxygen atoms in total. The van der Waals surface area contributed by atoms with Gasteiger partial charge < -0.3 is 15.5 Å². The normalized spacial score (nSPS) is 26.6. The summed E-state index contributed by atoms with van der Waals surface area (Å²) in [6, 6.07) is 5.30. The van der Waals surface area contributed by atoms with Crippen molar-refractivity contribution in [1.29, 1.82) is 0 Å². The van der Waals surface area contributed by atoms with Gasteiger partial charge in [0.15, 0.2) is 0 Å². The van der Waals surface area contributed by atoms with Gasteiger partial charge in [-0.2, -0.15) is 0 Å². The molecule has 0 unspecified atom stereocenters. The molecule has 3 fully saturated rings. The van der Waals surface area contributed by atoms with Crippen molar-refractivity contribution >= 4 is 33.3 Å². The van der Waals surface area contributed by atoms with Gasteiger partial charge >= 0.3 is 5.97 Å². The number of amides is 1. The lowest BCUT2D eigenvalue weighted by Gasteiger charge is -2.62. The Balaban J connectivity index is 1.45. The van der Waals surface area contributed by atoms with E-state index in [0.29, 0.717) is 35.2 Å². The minimum absolute atomic E-state index is 0.0589. The highest BCUT2D eigenvalue weighted by molar-refractivity contribution is 7.17. The first-order chi connectivity index (χ1) is 14.8. The number of unbranched alkanes of at least 4 members (excludes halogenated alkanes) is 1. The Morgan fingerprint density at radius 3 is 2.81 bits per heavy atom. The molecule has 166 valence electrons. The number of carbonyl (C=O) groups is 2. The molecule has 4 atom stereocenters. The summed E-state index contributed by atoms with van der Waals surface area (Å²) in [6.45, 7) is 4.70. The van der Waals surface area contributed by atoms with Crippen molar-refractivity contribution in [3.8, 4) is 5.75 Å². The highest BCUT2D eigenvalue weighted by atomic mass is 32.1. The van der Waals surface area contributed by atoms with Crippen LogP contribution >= 0.6 is 11.3 Å². The summed E-state index contributed by atoms with van der Waals surface area (Å²) in [6.07, 6.45) is 9.04. The average Bonchev–Trinajstić information content (AvgIpc) is 3.13. The average molecular weight is 442 g/mol. The smallest absolute Gasteiger partial charge is 0.303 e. The van der Waals surface area contributed by atoms with Gasteiger partial charge in [-0.1, -0.05) is 26.0 Å². The molecule has 1 aromatic carbocycles. The molecule has 3 saturated carbocycles. The number of nitrogens with one attached hydrogen (secondary N) is 1. The zero-order valence-electron chi connectivity index (χ0n) is 18.1. The van der Waals surface area contributed by atoms with Crippen LogP contribution in [0.4, 0.5) is 0 Å². The number of rotatable bonds is 8. The molecule has 0 radical (unpaired) electrons. The van der Waals surface area contributed by atoms with Gasteiger partial charge in [0, 0.05) is 27.9 Å². The lowest BCUT2D eigenvalue weighted by molar-refractivity contribution is -0.137. The Morgan fingerprint density at radius 2 is 2.06 bits per heavy atom. The van der Waals surface area contributed by atoms with Gasteiger partial charge in [-0.05, 0) is 73.5 Å². The number of aromatic hydroxyl groups is 1. The highest BCUT2D eigenvalue weighted by Crippen LogP contribution is 2.62. The summed E-state index contributed by atoms with van der Waals surface area (Å²) in [5, 5.41) is 24.6. The number of carboxylic acids is 1. The number of aliphatic carboxylic acids is 1. The molecule has 0 saturated heterocycles. The molecule has 6 heteroatoms. The Morgan fingerprint density at radius 1 is 1.26 bits per heavy atom. The van der Waals surface area contributed by atoms with Crippen molar-refractivity contribution in [3.05, 3.63) is 41.3 Å². The Labute approximate surface area is 187 Å². The van der Waals surface area contributed by atoms with Crippen molar-refractivity contribution in [3.63, 3.8) is 0 Å². The van der Waals surface area contributed by atoms with E-state index in [4.69, 9.17) is 5.11 Å². The van der Waals surface area contributed by atoms with Crippen LogP contribution in [-0.4, -0.2) is 28.1 Å². The Hall–Kier alpha value is -2.34. The van der Waals surface area contributed by atoms with E-state index in [0.717, 1.165) is 29.3 Å². The predicted molar refractivity (Wildman–Crippen MR) is 123 cm³/mol. The third-order valence-electron chi connectivity index (χ3n) is 7.57. The molecular weight excluding hydrogens is 410 g/mol. The quantitative estimate of drug-likeness (QED) is 0.368. The minimum atomic E-state index is -0.750. The van der Waals surface area contributed by atoms with E-state index in [-0.39, 0.29) is 24.1 Å². The van der Waals surface area contributed by atoms with Gasteiger partial charge in [-0.3, -0.25) is 9.59 Å². The van der Waals surface area contributed by atoms with Gasteiger partial charge in [0.1, 0.15) is 5.75 Å². The maximum absolute atomic E-state index is 13.1. The number of hydrogen-bond acceptors (Lipinski definition) is 4. The van der Waals surface area contributed by atoms with Crippen molar-refractivity contribution in [2.45, 2.75) is 58.4 Å². The largest absolute Gasteiger partial charge is 0.508 e. The molecule has 2 aromatic rings. The van der Waals surface area contributed by atoms with Crippen LogP contribution in [0.3, 0.4) is 0 Å². The molecule has 0 spiro atoms. The summed E-state index contributed by atoms with van der Waals surface area (Å²) < 4.78 is 0.997. The fourth-order valence-corrected chi connectivity index (χ4v) is 6.54. The summed E-state index contributed by atoms with van der Waals surface area (Å²) in [4.78, 5) is 23.8. The number of carboxylic acid groups (broad SMARTS) is 1. The van der Waals surface area contributed by atoms with Crippen molar-refractivity contribution in [2.75, 3.05) is 0 Å². The van der Waals surface area contributed by atoms with Gasteiger partial charge in [0.05, 0.1) is 5.56 Å². The van der Waals surface area contributed by atoms with E-state index >= 15 is 0 Å². The van der Waals surface area contributed by atoms with Crippen LogP contribution in [0.5, 0.6) is 5.75 Å². The fourth-order valence-electron chi connectivity index (χ4n) is 5.62. The molecule has 31 heavy (non-hydrogen) atoms. The van der Waals surface area contributed by atoms with E-state index in [1.807, 2.05) is 11.4 Å². The number of hydrogen-bond donors (Lipinski definition) is 3. The number of fused-ring (bicyclic) bond motifs is 3. The Kier molecular flexibility index (Phi) is 6.11. The zero-order valence-corrected chi connectivity index (χ0v) is 19.0. The molecule has 1 amide bonds. The van der Waals surface area contributed by atoms with Gasteiger partial charge in [0.25, 0.3) is 5.91 Å². The highest BCUT2D eigenvalue weighted by Gasteiger charge is 2.57. The van der Waals surface area contributed by atoms with Crippen LogP contribution in [0.1, 0.15) is 62.7 Å². The number of phenols is 1. The minimum Gasteiger partial charge on any atom is -0.508 e. The molecule has 3 aliphatic rings.